The Morgan fingerprint density at radius 3 is 2.87 bits per heavy atom. The van der Waals surface area contributed by atoms with Gasteiger partial charge in [-0.3, -0.25) is 0 Å². The first-order valence-corrected chi connectivity index (χ1v) is 5.21. The first-order chi connectivity index (χ1) is 7.34. The molecule has 3 rings (SSSR count). The molecule has 0 aromatic heterocycles. The summed E-state index contributed by atoms with van der Waals surface area (Å²) in [6, 6.07) is 12.6. The van der Waals surface area contributed by atoms with E-state index in [1.807, 2.05) is 0 Å². The van der Waals surface area contributed by atoms with E-state index in [0.29, 0.717) is 0 Å². The van der Waals surface area contributed by atoms with Gasteiger partial charge < -0.3 is 4.74 Å². The zero-order valence-electron chi connectivity index (χ0n) is 8.60. The van der Waals surface area contributed by atoms with Crippen molar-refractivity contribution in [2.45, 2.75) is 13.0 Å². The Bertz CT molecular complexity index is 540. The molecule has 1 heterocycles. The number of fused-ring (bicyclic) bond motifs is 3. The fourth-order valence-electron chi connectivity index (χ4n) is 1.99. The lowest BCUT2D eigenvalue weighted by Gasteiger charge is -2.19. The lowest BCUT2D eigenvalue weighted by atomic mass is 10.0. The molecule has 0 amide bonds. The third-order valence-electron chi connectivity index (χ3n) is 2.76. The van der Waals surface area contributed by atoms with Crippen molar-refractivity contribution in [1.82, 2.24) is 0 Å². The summed E-state index contributed by atoms with van der Waals surface area (Å²) in [5.41, 5.74) is 1.17. The molecule has 74 valence electrons. The van der Waals surface area contributed by atoms with Gasteiger partial charge in [0.15, 0.2) is 0 Å². The van der Waals surface area contributed by atoms with Gasteiger partial charge in [-0.1, -0.05) is 42.5 Å². The van der Waals surface area contributed by atoms with Crippen molar-refractivity contribution < 1.29 is 4.74 Å². The van der Waals surface area contributed by atoms with E-state index in [1.165, 1.54) is 16.3 Å². The van der Waals surface area contributed by atoms with Gasteiger partial charge in [-0.2, -0.15) is 0 Å². The van der Waals surface area contributed by atoms with Crippen LogP contribution in [0, 0.1) is 0 Å². The van der Waals surface area contributed by atoms with Crippen LogP contribution in [0.1, 0.15) is 12.5 Å². The van der Waals surface area contributed by atoms with Gasteiger partial charge in [-0.05, 0) is 18.4 Å². The Morgan fingerprint density at radius 1 is 1.07 bits per heavy atom. The molecule has 0 fully saturated rings. The minimum atomic E-state index is 0.170. The summed E-state index contributed by atoms with van der Waals surface area (Å²) >= 11 is 0. The molecule has 0 saturated heterocycles. The van der Waals surface area contributed by atoms with Crippen LogP contribution in [-0.4, -0.2) is 6.10 Å². The molecule has 0 bridgehead atoms. The Hall–Kier alpha value is -1.76. The highest BCUT2D eigenvalue weighted by Crippen LogP contribution is 2.33. The second-order valence-electron chi connectivity index (χ2n) is 3.89. The van der Waals surface area contributed by atoms with Gasteiger partial charge in [-0.15, -0.1) is 0 Å². The average molecular weight is 196 g/mol. The zero-order chi connectivity index (χ0) is 10.3. The molecule has 0 spiro atoms. The van der Waals surface area contributed by atoms with Gasteiger partial charge >= 0.3 is 0 Å². The monoisotopic (exact) mass is 196 g/mol. The van der Waals surface area contributed by atoms with E-state index in [9.17, 15) is 0 Å². The molecule has 0 N–H and O–H groups in total. The molecule has 0 radical (unpaired) electrons. The predicted octanol–water partition coefficient (Wildman–Crippen LogP) is 3.63. The van der Waals surface area contributed by atoms with Crippen LogP contribution in [-0.2, 0) is 0 Å². The number of benzene rings is 2. The number of rotatable bonds is 0. The molecule has 1 nitrogen and oxygen atoms in total. The van der Waals surface area contributed by atoms with Crippen molar-refractivity contribution in [3.8, 4) is 5.75 Å². The van der Waals surface area contributed by atoms with Gasteiger partial charge in [0.1, 0.15) is 11.9 Å². The molecule has 1 atom stereocenters. The molecule has 0 saturated carbocycles. The van der Waals surface area contributed by atoms with E-state index in [4.69, 9.17) is 4.74 Å². The smallest absolute Gasteiger partial charge is 0.135 e. The fraction of sp³-hybridized carbons (Fsp3) is 0.143. The third kappa shape index (κ3) is 1.32. The van der Waals surface area contributed by atoms with E-state index < -0.39 is 0 Å². The summed E-state index contributed by atoms with van der Waals surface area (Å²) in [5, 5.41) is 2.44. The molecule has 1 unspecified atom stereocenters. The molecule has 2 aromatic rings. The Balaban J connectivity index is 2.34. The molecular weight excluding hydrogens is 184 g/mol. The van der Waals surface area contributed by atoms with Crippen LogP contribution in [0.3, 0.4) is 0 Å². The van der Waals surface area contributed by atoms with Gasteiger partial charge in [0.05, 0.1) is 0 Å². The van der Waals surface area contributed by atoms with Gasteiger partial charge in [0, 0.05) is 10.9 Å². The van der Waals surface area contributed by atoms with Crippen LogP contribution < -0.4 is 4.74 Å². The van der Waals surface area contributed by atoms with Gasteiger partial charge in [0.2, 0.25) is 0 Å². The van der Waals surface area contributed by atoms with Gasteiger partial charge in [-0.25, -0.2) is 0 Å². The first-order valence-electron chi connectivity index (χ1n) is 5.21. The van der Waals surface area contributed by atoms with E-state index in [2.05, 4.69) is 55.5 Å². The second kappa shape index (κ2) is 3.13. The lowest BCUT2D eigenvalue weighted by Crippen LogP contribution is -2.12. The Kier molecular flexibility index (Phi) is 1.78. The van der Waals surface area contributed by atoms with E-state index in [-0.39, 0.29) is 6.10 Å². The molecule has 1 aliphatic rings. The fourth-order valence-corrected chi connectivity index (χ4v) is 1.99. The van der Waals surface area contributed by atoms with Crippen LogP contribution >= 0.6 is 0 Å². The number of ether oxygens (including phenoxy) is 1. The normalized spacial score (nSPS) is 18.6. The zero-order valence-corrected chi connectivity index (χ0v) is 8.60. The molecule has 15 heavy (non-hydrogen) atoms. The van der Waals surface area contributed by atoms with Crippen molar-refractivity contribution >= 4 is 16.8 Å². The van der Waals surface area contributed by atoms with E-state index in [1.54, 1.807) is 0 Å². The Morgan fingerprint density at radius 2 is 1.93 bits per heavy atom. The molecule has 2 aromatic carbocycles. The van der Waals surface area contributed by atoms with Crippen LogP contribution in [0.25, 0.3) is 16.8 Å². The summed E-state index contributed by atoms with van der Waals surface area (Å²) in [4.78, 5) is 0. The summed E-state index contributed by atoms with van der Waals surface area (Å²) in [6.45, 7) is 2.06. The Labute approximate surface area is 89.0 Å². The van der Waals surface area contributed by atoms with E-state index in [0.717, 1.165) is 5.75 Å². The maximum atomic E-state index is 5.86. The first kappa shape index (κ1) is 8.54. The van der Waals surface area contributed by atoms with Crippen molar-refractivity contribution in [1.29, 1.82) is 0 Å². The standard InChI is InChI=1S/C14H12O/c1-10-6-7-12-9-8-11-4-2-3-5-13(11)14(12)15-10/h2-10H,1H3. The van der Waals surface area contributed by atoms with Crippen LogP contribution in [0.4, 0.5) is 0 Å². The van der Waals surface area contributed by atoms with Crippen molar-refractivity contribution in [2.75, 3.05) is 0 Å². The average Bonchev–Trinajstić information content (AvgIpc) is 2.29. The van der Waals surface area contributed by atoms with Gasteiger partial charge in [0.25, 0.3) is 0 Å². The quantitative estimate of drug-likeness (QED) is 0.625. The third-order valence-corrected chi connectivity index (χ3v) is 2.76. The number of hydrogen-bond donors (Lipinski definition) is 0. The van der Waals surface area contributed by atoms with Crippen LogP contribution in [0.15, 0.2) is 42.5 Å². The molecule has 0 aliphatic carbocycles. The van der Waals surface area contributed by atoms with Crippen molar-refractivity contribution in [3.63, 3.8) is 0 Å². The molecule has 1 aliphatic heterocycles. The minimum absolute atomic E-state index is 0.170. The highest BCUT2D eigenvalue weighted by molar-refractivity contribution is 5.92. The summed E-state index contributed by atoms with van der Waals surface area (Å²) in [6.07, 6.45) is 4.39. The van der Waals surface area contributed by atoms with Crippen LogP contribution in [0.2, 0.25) is 0 Å². The van der Waals surface area contributed by atoms with Crippen molar-refractivity contribution in [2.24, 2.45) is 0 Å². The molecular formula is C14H12O. The maximum absolute atomic E-state index is 5.86. The highest BCUT2D eigenvalue weighted by atomic mass is 16.5. The largest absolute Gasteiger partial charge is 0.485 e. The second-order valence-corrected chi connectivity index (χ2v) is 3.89. The summed E-state index contributed by atoms with van der Waals surface area (Å²) < 4.78 is 5.86. The predicted molar refractivity (Wildman–Crippen MR) is 63.1 cm³/mol. The maximum Gasteiger partial charge on any atom is 0.135 e. The lowest BCUT2D eigenvalue weighted by molar-refractivity contribution is 0.269. The topological polar surface area (TPSA) is 9.23 Å². The SMILES string of the molecule is CC1C=Cc2ccc3ccccc3c2O1. The van der Waals surface area contributed by atoms with E-state index >= 15 is 0 Å². The molecule has 1 heteroatoms. The number of hydrogen-bond acceptors (Lipinski definition) is 1. The summed E-state index contributed by atoms with van der Waals surface area (Å²) in [5.74, 6) is 1.02. The minimum Gasteiger partial charge on any atom is -0.485 e. The van der Waals surface area contributed by atoms with Crippen molar-refractivity contribution in [3.05, 3.63) is 48.0 Å². The summed E-state index contributed by atoms with van der Waals surface area (Å²) in [7, 11) is 0. The highest BCUT2D eigenvalue weighted by Gasteiger charge is 2.13. The van der Waals surface area contributed by atoms with Crippen LogP contribution in [0.5, 0.6) is 5.75 Å².